The highest BCUT2D eigenvalue weighted by atomic mass is 32.3. The molecule has 0 saturated carbocycles. The van der Waals surface area contributed by atoms with Gasteiger partial charge in [-0.25, -0.2) is 0 Å². The van der Waals surface area contributed by atoms with Crippen LogP contribution in [-0.4, -0.2) is 54.6 Å². The molecule has 0 aromatic carbocycles. The predicted molar refractivity (Wildman–Crippen MR) is 70.8 cm³/mol. The van der Waals surface area contributed by atoms with Gasteiger partial charge in [0.1, 0.15) is 12.1 Å². The Hall–Kier alpha value is -2.25. The second kappa shape index (κ2) is 9.02. The van der Waals surface area contributed by atoms with E-state index in [-0.39, 0.29) is 12.8 Å². The van der Waals surface area contributed by atoms with Crippen molar-refractivity contribution in [2.24, 2.45) is 11.5 Å². The molecule has 0 unspecified atom stereocenters. The van der Waals surface area contributed by atoms with Gasteiger partial charge in [0.2, 0.25) is 0 Å². The molecule has 13 heteroatoms. The molecule has 0 aromatic rings. The number of carboxylic acids is 2. The topological polar surface area (TPSA) is 213 Å². The van der Waals surface area contributed by atoms with Crippen molar-refractivity contribution in [1.29, 1.82) is 0 Å². The summed E-state index contributed by atoms with van der Waals surface area (Å²) in [6.07, 6.45) is -2.03. The number of aliphatic carboxylic acids is 2. The van der Waals surface area contributed by atoms with Crippen LogP contribution >= 0.6 is 0 Å². The molecule has 0 spiro atoms. The van der Waals surface area contributed by atoms with Crippen LogP contribution < -0.4 is 11.5 Å². The summed E-state index contributed by atoms with van der Waals surface area (Å²) in [5.74, 6) is -5.50. The van der Waals surface area contributed by atoms with Gasteiger partial charge < -0.3 is 30.0 Å². The van der Waals surface area contributed by atoms with Gasteiger partial charge in [-0.05, 0) is 12.8 Å². The molecule has 2 atom stereocenters. The maximum Gasteiger partial charge on any atom is 0.506 e. The third kappa shape index (κ3) is 9.38. The molecule has 0 bridgehead atoms. The minimum atomic E-state index is -4.99. The maximum atomic E-state index is 11.2. The normalized spacial score (nSPS) is 13.7. The Labute approximate surface area is 130 Å². The molecule has 6 N–H and O–H groups in total. The first-order chi connectivity index (χ1) is 10.4. The summed E-state index contributed by atoms with van der Waals surface area (Å²) in [4.78, 5) is 43.2. The van der Waals surface area contributed by atoms with E-state index in [1.54, 1.807) is 0 Å². The molecule has 0 amide bonds. The molecule has 132 valence electrons. The first kappa shape index (κ1) is 20.8. The van der Waals surface area contributed by atoms with E-state index in [2.05, 4.69) is 8.37 Å². The third-order valence-electron chi connectivity index (χ3n) is 2.34. The van der Waals surface area contributed by atoms with Gasteiger partial charge in [-0.15, -0.1) is 8.42 Å². The second-order valence-electron chi connectivity index (χ2n) is 4.29. The SMILES string of the molecule is N[C@@H](CCC(=O)OS(=O)(=O)OC(=O)CC[C@H](N)C(=O)O)C(=O)O. The van der Waals surface area contributed by atoms with E-state index >= 15 is 0 Å². The van der Waals surface area contributed by atoms with Crippen molar-refractivity contribution in [3.05, 3.63) is 0 Å². The van der Waals surface area contributed by atoms with E-state index in [0.29, 0.717) is 0 Å². The van der Waals surface area contributed by atoms with Crippen LogP contribution in [0.1, 0.15) is 25.7 Å². The zero-order valence-electron chi connectivity index (χ0n) is 11.7. The summed E-state index contributed by atoms with van der Waals surface area (Å²) in [5.41, 5.74) is 10.2. The Morgan fingerprint density at radius 1 is 0.826 bits per heavy atom. The lowest BCUT2D eigenvalue weighted by molar-refractivity contribution is -0.140. The second-order valence-corrected chi connectivity index (χ2v) is 5.44. The average Bonchev–Trinajstić information content (AvgIpc) is 2.40. The smallest absolute Gasteiger partial charge is 0.480 e. The minimum Gasteiger partial charge on any atom is -0.480 e. The number of carbonyl (C=O) groups is 4. The van der Waals surface area contributed by atoms with E-state index < -0.39 is 59.2 Å². The van der Waals surface area contributed by atoms with Crippen molar-refractivity contribution >= 4 is 34.3 Å². The van der Waals surface area contributed by atoms with E-state index in [0.717, 1.165) is 0 Å². The molecule has 12 nitrogen and oxygen atoms in total. The molecule has 0 aromatic heterocycles. The fraction of sp³-hybridized carbons (Fsp3) is 0.600. The van der Waals surface area contributed by atoms with Crippen LogP contribution in [0.5, 0.6) is 0 Å². The lowest BCUT2D eigenvalue weighted by atomic mass is 10.2. The van der Waals surface area contributed by atoms with Crippen LogP contribution in [0.2, 0.25) is 0 Å². The van der Waals surface area contributed by atoms with Crippen LogP contribution in [0.4, 0.5) is 0 Å². The number of hydrogen-bond donors (Lipinski definition) is 4. The molecule has 0 saturated heterocycles. The number of nitrogens with two attached hydrogens (primary N) is 2. The monoisotopic (exact) mass is 356 g/mol. The van der Waals surface area contributed by atoms with Gasteiger partial charge in [0.05, 0.1) is 0 Å². The largest absolute Gasteiger partial charge is 0.506 e. The standard InChI is InChI=1S/C10H16N2O10S/c11-5(9(15)16)1-3-7(13)21-23(19,20)22-8(14)4-2-6(12)10(17)18/h5-6H,1-4,11-12H2,(H,15,16)(H,17,18)/t5-,6-/m0/s1. The molecular formula is C10H16N2O10S. The van der Waals surface area contributed by atoms with E-state index in [1.807, 2.05) is 0 Å². The highest BCUT2D eigenvalue weighted by molar-refractivity contribution is 7.82. The lowest BCUT2D eigenvalue weighted by Gasteiger charge is -2.08. The van der Waals surface area contributed by atoms with E-state index in [1.165, 1.54) is 0 Å². The molecule has 0 aliphatic rings. The summed E-state index contributed by atoms with van der Waals surface area (Å²) < 4.78 is 30.2. The Balaban J connectivity index is 4.32. The molecule has 23 heavy (non-hydrogen) atoms. The maximum absolute atomic E-state index is 11.2. The van der Waals surface area contributed by atoms with E-state index in [9.17, 15) is 27.6 Å². The summed E-state index contributed by atoms with van der Waals surface area (Å²) in [6, 6.07) is -2.77. The Bertz CT molecular complexity index is 528. The Kier molecular flexibility index (Phi) is 8.13. The fourth-order valence-electron chi connectivity index (χ4n) is 1.12. The van der Waals surface area contributed by atoms with Gasteiger partial charge in [0.25, 0.3) is 0 Å². The van der Waals surface area contributed by atoms with Crippen LogP contribution in [0.25, 0.3) is 0 Å². The molecule has 0 rings (SSSR count). The van der Waals surface area contributed by atoms with Crippen LogP contribution in [0.3, 0.4) is 0 Å². The van der Waals surface area contributed by atoms with Crippen molar-refractivity contribution in [3.8, 4) is 0 Å². The molecule has 0 heterocycles. The van der Waals surface area contributed by atoms with Crippen molar-refractivity contribution in [2.75, 3.05) is 0 Å². The summed E-state index contributed by atoms with van der Waals surface area (Å²) in [6.45, 7) is 0. The van der Waals surface area contributed by atoms with Gasteiger partial charge in [-0.1, -0.05) is 0 Å². The Morgan fingerprint density at radius 3 is 1.39 bits per heavy atom. The first-order valence-corrected chi connectivity index (χ1v) is 7.44. The van der Waals surface area contributed by atoms with Gasteiger partial charge >= 0.3 is 34.3 Å². The first-order valence-electron chi connectivity index (χ1n) is 6.11. The molecule has 0 radical (unpaired) electrons. The van der Waals surface area contributed by atoms with Crippen LogP contribution in [0, 0.1) is 0 Å². The van der Waals surface area contributed by atoms with Gasteiger partial charge in [0, 0.05) is 12.8 Å². The van der Waals surface area contributed by atoms with Crippen LogP contribution in [-0.2, 0) is 37.9 Å². The number of hydrogen-bond acceptors (Lipinski definition) is 10. The third-order valence-corrected chi connectivity index (χ3v) is 3.12. The summed E-state index contributed by atoms with van der Waals surface area (Å²) in [5, 5.41) is 16.9. The summed E-state index contributed by atoms with van der Waals surface area (Å²) >= 11 is 0. The molecular weight excluding hydrogens is 340 g/mol. The van der Waals surface area contributed by atoms with Crippen molar-refractivity contribution in [2.45, 2.75) is 37.8 Å². The van der Waals surface area contributed by atoms with Crippen molar-refractivity contribution < 1.29 is 46.2 Å². The average molecular weight is 356 g/mol. The number of carbonyl (C=O) groups excluding carboxylic acids is 2. The van der Waals surface area contributed by atoms with Gasteiger partial charge in [-0.3, -0.25) is 19.2 Å². The molecule has 0 aliphatic heterocycles. The zero-order chi connectivity index (χ0) is 18.2. The predicted octanol–water partition coefficient (Wildman–Crippen LogP) is -2.30. The van der Waals surface area contributed by atoms with Crippen LogP contribution in [0.15, 0.2) is 0 Å². The number of carboxylic acid groups (broad SMARTS) is 2. The lowest BCUT2D eigenvalue weighted by Crippen LogP contribution is -2.31. The summed E-state index contributed by atoms with van der Waals surface area (Å²) in [7, 11) is -4.99. The Morgan fingerprint density at radius 2 is 1.13 bits per heavy atom. The minimum absolute atomic E-state index is 0.384. The highest BCUT2D eigenvalue weighted by Gasteiger charge is 2.25. The molecule has 0 fully saturated rings. The van der Waals surface area contributed by atoms with Crippen molar-refractivity contribution in [3.63, 3.8) is 0 Å². The van der Waals surface area contributed by atoms with Crippen molar-refractivity contribution in [1.82, 2.24) is 0 Å². The highest BCUT2D eigenvalue weighted by Crippen LogP contribution is 2.06. The van der Waals surface area contributed by atoms with Gasteiger partial charge in [-0.2, -0.15) is 0 Å². The van der Waals surface area contributed by atoms with Gasteiger partial charge in [0.15, 0.2) is 0 Å². The number of rotatable bonds is 10. The quantitative estimate of drug-likeness (QED) is 0.325. The zero-order valence-corrected chi connectivity index (χ0v) is 12.5. The molecule has 0 aliphatic carbocycles. The van der Waals surface area contributed by atoms with E-state index in [4.69, 9.17) is 21.7 Å². The fourth-order valence-corrected chi connectivity index (χ4v) is 1.78.